The van der Waals surface area contributed by atoms with Crippen LogP contribution in [0.5, 0.6) is 0 Å². The van der Waals surface area contributed by atoms with E-state index in [4.69, 9.17) is 0 Å². The molecule has 10 heavy (non-hydrogen) atoms. The molecule has 0 aromatic carbocycles. The van der Waals surface area contributed by atoms with Crippen LogP contribution in [0.2, 0.25) is 0 Å². The summed E-state index contributed by atoms with van der Waals surface area (Å²) in [4.78, 5) is 0. The minimum Gasteiger partial charge on any atom is -0.147 e. The molecule has 0 spiro atoms. The van der Waals surface area contributed by atoms with Crippen LogP contribution in [0.3, 0.4) is 0 Å². The maximum absolute atomic E-state index is 2.23. The first-order valence-corrected chi connectivity index (χ1v) is 3.32. The third kappa shape index (κ3) is 6.51. The number of rotatable bonds is 0. The quantitative estimate of drug-likeness (QED) is 0.577. The number of hydrogen-bond acceptors (Lipinski definition) is 0. The summed E-state index contributed by atoms with van der Waals surface area (Å²) < 4.78 is 0. The first kappa shape index (κ1) is 13.0. The van der Waals surface area contributed by atoms with E-state index in [2.05, 4.69) is 24.3 Å². The van der Waals surface area contributed by atoms with Crippen molar-refractivity contribution in [3.05, 3.63) is 24.3 Å². The van der Waals surface area contributed by atoms with Crippen LogP contribution in [-0.4, -0.2) is 0 Å². The molecule has 61 valence electrons. The van der Waals surface area contributed by atoms with Crippen LogP contribution in [0.1, 0.15) is 25.7 Å². The minimum atomic E-state index is 0. The Labute approximate surface area is 81.9 Å². The summed E-state index contributed by atoms with van der Waals surface area (Å²) in [6.45, 7) is 0. The second-order valence-corrected chi connectivity index (χ2v) is 2.14. The average Bonchev–Trinajstić information content (AvgIpc) is 1.62. The molecule has 0 amide bonds. The molecule has 0 aliphatic heterocycles. The summed E-state index contributed by atoms with van der Waals surface area (Å²) in [6, 6.07) is 0. The summed E-state index contributed by atoms with van der Waals surface area (Å²) in [5.41, 5.74) is 0. The van der Waals surface area contributed by atoms with Crippen LogP contribution >= 0.6 is 12.4 Å². The van der Waals surface area contributed by atoms with Gasteiger partial charge in [-0.2, -0.15) is 0 Å². The molecule has 1 aliphatic carbocycles. The standard InChI is InChI=1S/C8H12.ClH.Rh/c1-2-4-6-8-7-5-3-1;;/h1-4H,5-8H2;1H;/b3-1-,4-2-;;. The van der Waals surface area contributed by atoms with Crippen molar-refractivity contribution in [3.8, 4) is 0 Å². The van der Waals surface area contributed by atoms with E-state index in [-0.39, 0.29) is 31.9 Å². The van der Waals surface area contributed by atoms with Crippen molar-refractivity contribution in [1.82, 2.24) is 0 Å². The molecule has 0 nitrogen and oxygen atoms in total. The Morgan fingerprint density at radius 3 is 1.60 bits per heavy atom. The zero-order valence-electron chi connectivity index (χ0n) is 5.88. The van der Waals surface area contributed by atoms with Crippen molar-refractivity contribution in [3.63, 3.8) is 0 Å². The molecule has 0 saturated carbocycles. The first-order chi connectivity index (χ1) is 4.00. The molecule has 0 unspecified atom stereocenters. The van der Waals surface area contributed by atoms with Gasteiger partial charge < -0.3 is 0 Å². The van der Waals surface area contributed by atoms with Crippen molar-refractivity contribution >= 4 is 12.4 Å². The van der Waals surface area contributed by atoms with E-state index < -0.39 is 0 Å². The second-order valence-electron chi connectivity index (χ2n) is 2.14. The van der Waals surface area contributed by atoms with E-state index in [1.165, 1.54) is 25.7 Å². The van der Waals surface area contributed by atoms with E-state index in [1.807, 2.05) is 0 Å². The predicted molar refractivity (Wildman–Crippen MR) is 44.0 cm³/mol. The van der Waals surface area contributed by atoms with Gasteiger partial charge in [0.2, 0.25) is 0 Å². The van der Waals surface area contributed by atoms with Crippen LogP contribution in [0, 0.1) is 0 Å². The van der Waals surface area contributed by atoms with Gasteiger partial charge in [0.15, 0.2) is 0 Å². The van der Waals surface area contributed by atoms with E-state index >= 15 is 0 Å². The van der Waals surface area contributed by atoms with E-state index in [1.54, 1.807) is 0 Å². The number of allylic oxidation sites excluding steroid dienone is 4. The van der Waals surface area contributed by atoms with Crippen LogP contribution in [0.15, 0.2) is 24.3 Å². The maximum atomic E-state index is 2.23. The normalized spacial score (nSPS) is 22.4. The Morgan fingerprint density at radius 2 is 1.20 bits per heavy atom. The Morgan fingerprint density at radius 1 is 0.800 bits per heavy atom. The topological polar surface area (TPSA) is 0 Å². The monoisotopic (exact) mass is 247 g/mol. The fourth-order valence-corrected chi connectivity index (χ4v) is 0.874. The fourth-order valence-electron chi connectivity index (χ4n) is 0.874. The number of halogens is 1. The summed E-state index contributed by atoms with van der Waals surface area (Å²) in [6.07, 6.45) is 14.0. The molecule has 1 rings (SSSR count). The van der Waals surface area contributed by atoms with E-state index in [9.17, 15) is 0 Å². The van der Waals surface area contributed by atoms with Crippen molar-refractivity contribution in [2.75, 3.05) is 0 Å². The summed E-state index contributed by atoms with van der Waals surface area (Å²) in [7, 11) is 0. The van der Waals surface area contributed by atoms with Crippen LogP contribution in [0.25, 0.3) is 0 Å². The summed E-state index contributed by atoms with van der Waals surface area (Å²) in [5, 5.41) is 0. The van der Waals surface area contributed by atoms with Gasteiger partial charge in [-0.3, -0.25) is 0 Å². The van der Waals surface area contributed by atoms with E-state index in [0.717, 1.165) is 0 Å². The molecule has 1 aliphatic rings. The maximum Gasteiger partial charge on any atom is 0 e. The third-order valence-corrected chi connectivity index (χ3v) is 1.37. The molecule has 0 atom stereocenters. The first-order valence-electron chi connectivity index (χ1n) is 3.32. The zero-order chi connectivity index (χ0) is 5.66. The Balaban J connectivity index is 0. The molecule has 2 heteroatoms. The largest absolute Gasteiger partial charge is 0.147 e. The molecule has 0 heterocycles. The van der Waals surface area contributed by atoms with Gasteiger partial charge in [-0.05, 0) is 25.7 Å². The van der Waals surface area contributed by atoms with Crippen molar-refractivity contribution in [1.29, 1.82) is 0 Å². The van der Waals surface area contributed by atoms with Gasteiger partial charge in [-0.25, -0.2) is 0 Å². The third-order valence-electron chi connectivity index (χ3n) is 1.37. The van der Waals surface area contributed by atoms with Crippen molar-refractivity contribution in [2.24, 2.45) is 0 Å². The van der Waals surface area contributed by atoms with Gasteiger partial charge in [-0.15, -0.1) is 12.4 Å². The molecule has 0 N–H and O–H groups in total. The van der Waals surface area contributed by atoms with Gasteiger partial charge >= 0.3 is 0 Å². The Hall–Kier alpha value is 0.393. The Bertz CT molecular complexity index is 93.8. The average molecular weight is 248 g/mol. The second kappa shape index (κ2) is 9.39. The fraction of sp³-hybridized carbons (Fsp3) is 0.500. The predicted octanol–water partition coefficient (Wildman–Crippen LogP) is 3.09. The number of hydrogen-bond donors (Lipinski definition) is 0. The molecule has 1 radical (unpaired) electrons. The summed E-state index contributed by atoms with van der Waals surface area (Å²) in [5.74, 6) is 0. The van der Waals surface area contributed by atoms with Crippen molar-refractivity contribution < 1.29 is 19.5 Å². The SMILES string of the molecule is C1=C\CCCC\C=C/1.Cl.[Rh]. The molecule has 0 aromatic heterocycles. The van der Waals surface area contributed by atoms with Crippen LogP contribution in [0.4, 0.5) is 0 Å². The van der Waals surface area contributed by atoms with Gasteiger partial charge in [-0.1, -0.05) is 24.3 Å². The molecule has 0 fully saturated rings. The van der Waals surface area contributed by atoms with Gasteiger partial charge in [0, 0.05) is 19.5 Å². The molecule has 0 saturated heterocycles. The minimum absolute atomic E-state index is 0. The molecule has 0 aromatic rings. The smallest absolute Gasteiger partial charge is 0 e. The Kier molecular flexibility index (Phi) is 12.2. The van der Waals surface area contributed by atoms with E-state index in [0.29, 0.717) is 0 Å². The van der Waals surface area contributed by atoms with Gasteiger partial charge in [0.1, 0.15) is 0 Å². The van der Waals surface area contributed by atoms with Crippen LogP contribution < -0.4 is 0 Å². The molecular weight excluding hydrogens is 234 g/mol. The van der Waals surface area contributed by atoms with Gasteiger partial charge in [0.25, 0.3) is 0 Å². The molecule has 0 bridgehead atoms. The summed E-state index contributed by atoms with van der Waals surface area (Å²) >= 11 is 0. The van der Waals surface area contributed by atoms with Crippen LogP contribution in [-0.2, 0) is 19.5 Å². The molecular formula is C8H13ClRh. The zero-order valence-corrected chi connectivity index (χ0v) is 8.33. The van der Waals surface area contributed by atoms with Gasteiger partial charge in [0.05, 0.1) is 0 Å². The van der Waals surface area contributed by atoms with Crippen molar-refractivity contribution in [2.45, 2.75) is 25.7 Å².